The molecule has 100 valence electrons. The molecule has 2 aromatic rings. The lowest BCUT2D eigenvalue weighted by molar-refractivity contribution is 0.413. The van der Waals surface area contributed by atoms with Crippen LogP contribution in [0.4, 0.5) is 0 Å². The molecule has 0 aliphatic rings. The van der Waals surface area contributed by atoms with Gasteiger partial charge in [-0.3, -0.25) is 4.98 Å². The Morgan fingerprint density at radius 2 is 1.84 bits per heavy atom. The van der Waals surface area contributed by atoms with Crippen LogP contribution < -0.4 is 10.1 Å². The number of rotatable bonds is 4. The monoisotopic (exact) mass is 256 g/mol. The fraction of sp³-hybridized carbons (Fsp3) is 0.312. The van der Waals surface area contributed by atoms with Gasteiger partial charge in [0.25, 0.3) is 0 Å². The van der Waals surface area contributed by atoms with E-state index in [1.165, 1.54) is 0 Å². The zero-order valence-corrected chi connectivity index (χ0v) is 11.7. The summed E-state index contributed by atoms with van der Waals surface area (Å²) in [5, 5.41) is 3.46. The second-order valence-electron chi connectivity index (χ2n) is 5.50. The second-order valence-corrected chi connectivity index (χ2v) is 5.50. The zero-order valence-electron chi connectivity index (χ0n) is 11.7. The minimum absolute atomic E-state index is 0.0767. The Balaban J connectivity index is 2.12. The van der Waals surface area contributed by atoms with Crippen molar-refractivity contribution < 1.29 is 4.74 Å². The SMILES string of the molecule is CC(C)(C)NCc1ccncc1Oc1ccccc1. The first-order valence-corrected chi connectivity index (χ1v) is 6.45. The molecule has 0 spiro atoms. The molecule has 19 heavy (non-hydrogen) atoms. The first kappa shape index (κ1) is 13.6. The number of aromatic nitrogens is 1. The molecule has 3 nitrogen and oxygen atoms in total. The number of nitrogens with one attached hydrogen (secondary N) is 1. The Morgan fingerprint density at radius 1 is 1.11 bits per heavy atom. The predicted molar refractivity (Wildman–Crippen MR) is 77.3 cm³/mol. The highest BCUT2D eigenvalue weighted by molar-refractivity contribution is 5.35. The van der Waals surface area contributed by atoms with Gasteiger partial charge in [-0.1, -0.05) is 18.2 Å². The molecule has 0 aliphatic carbocycles. The van der Waals surface area contributed by atoms with Crippen LogP contribution >= 0.6 is 0 Å². The largest absolute Gasteiger partial charge is 0.455 e. The lowest BCUT2D eigenvalue weighted by Gasteiger charge is -2.21. The van der Waals surface area contributed by atoms with Crippen molar-refractivity contribution in [3.63, 3.8) is 0 Å². The molecule has 1 heterocycles. The molecule has 2 rings (SSSR count). The van der Waals surface area contributed by atoms with Crippen molar-refractivity contribution in [2.45, 2.75) is 32.9 Å². The highest BCUT2D eigenvalue weighted by atomic mass is 16.5. The van der Waals surface area contributed by atoms with E-state index >= 15 is 0 Å². The van der Waals surface area contributed by atoms with Crippen LogP contribution in [-0.2, 0) is 6.54 Å². The molecule has 0 radical (unpaired) electrons. The summed E-state index contributed by atoms with van der Waals surface area (Å²) in [5.74, 6) is 1.62. The van der Waals surface area contributed by atoms with Crippen LogP contribution in [0.25, 0.3) is 0 Å². The van der Waals surface area contributed by atoms with Gasteiger partial charge in [-0.2, -0.15) is 0 Å². The fourth-order valence-electron chi connectivity index (χ4n) is 1.62. The molecule has 1 N–H and O–H groups in total. The standard InChI is InChI=1S/C16H20N2O/c1-16(2,3)18-11-13-9-10-17-12-15(13)19-14-7-5-4-6-8-14/h4-10,12,18H,11H2,1-3H3. The van der Waals surface area contributed by atoms with Crippen LogP contribution in [-0.4, -0.2) is 10.5 Å². The Morgan fingerprint density at radius 3 is 2.53 bits per heavy atom. The number of nitrogens with zero attached hydrogens (tertiary/aromatic N) is 1. The molecule has 0 unspecified atom stereocenters. The van der Waals surface area contributed by atoms with Crippen LogP contribution in [0.2, 0.25) is 0 Å². The summed E-state index contributed by atoms with van der Waals surface area (Å²) >= 11 is 0. The van der Waals surface area contributed by atoms with Gasteiger partial charge in [0.15, 0.2) is 0 Å². The summed E-state index contributed by atoms with van der Waals surface area (Å²) < 4.78 is 5.87. The molecule has 1 aromatic heterocycles. The normalized spacial score (nSPS) is 11.3. The van der Waals surface area contributed by atoms with Crippen LogP contribution in [0.5, 0.6) is 11.5 Å². The Labute approximate surface area is 114 Å². The summed E-state index contributed by atoms with van der Waals surface area (Å²) in [5.41, 5.74) is 1.18. The smallest absolute Gasteiger partial charge is 0.150 e. The van der Waals surface area contributed by atoms with Gasteiger partial charge in [-0.25, -0.2) is 0 Å². The van der Waals surface area contributed by atoms with Gasteiger partial charge in [-0.15, -0.1) is 0 Å². The molecule has 0 fully saturated rings. The second kappa shape index (κ2) is 5.85. The van der Waals surface area contributed by atoms with Crippen molar-refractivity contribution in [2.24, 2.45) is 0 Å². The number of hydrogen-bond donors (Lipinski definition) is 1. The van der Waals surface area contributed by atoms with Gasteiger partial charge < -0.3 is 10.1 Å². The molecule has 0 aliphatic heterocycles. The third-order valence-electron chi connectivity index (χ3n) is 2.65. The quantitative estimate of drug-likeness (QED) is 0.904. The van der Waals surface area contributed by atoms with E-state index in [9.17, 15) is 0 Å². The molecule has 0 saturated carbocycles. The topological polar surface area (TPSA) is 34.2 Å². The number of benzene rings is 1. The summed E-state index contributed by atoms with van der Waals surface area (Å²) in [4.78, 5) is 4.13. The number of para-hydroxylation sites is 1. The highest BCUT2D eigenvalue weighted by Gasteiger charge is 2.11. The van der Waals surface area contributed by atoms with E-state index in [2.05, 4.69) is 31.1 Å². The number of ether oxygens (including phenoxy) is 1. The van der Waals surface area contributed by atoms with Gasteiger partial charge in [0, 0.05) is 23.8 Å². The van der Waals surface area contributed by atoms with Crippen LogP contribution in [0, 0.1) is 0 Å². The van der Waals surface area contributed by atoms with E-state index in [4.69, 9.17) is 4.74 Å². The van der Waals surface area contributed by atoms with E-state index in [0.29, 0.717) is 0 Å². The van der Waals surface area contributed by atoms with Crippen molar-refractivity contribution in [3.05, 3.63) is 54.4 Å². The van der Waals surface area contributed by atoms with Crippen molar-refractivity contribution in [1.82, 2.24) is 10.3 Å². The van der Waals surface area contributed by atoms with Gasteiger partial charge in [-0.05, 0) is 39.0 Å². The van der Waals surface area contributed by atoms with Gasteiger partial charge in [0.05, 0.1) is 6.20 Å². The highest BCUT2D eigenvalue weighted by Crippen LogP contribution is 2.24. The summed E-state index contributed by atoms with van der Waals surface area (Å²) in [6.07, 6.45) is 3.55. The van der Waals surface area contributed by atoms with Gasteiger partial charge in [0.2, 0.25) is 0 Å². The maximum absolute atomic E-state index is 5.87. The molecule has 3 heteroatoms. The van der Waals surface area contributed by atoms with Crippen molar-refractivity contribution >= 4 is 0 Å². The lowest BCUT2D eigenvalue weighted by atomic mass is 10.1. The number of hydrogen-bond acceptors (Lipinski definition) is 3. The summed E-state index contributed by atoms with van der Waals surface area (Å²) in [7, 11) is 0. The van der Waals surface area contributed by atoms with Crippen molar-refractivity contribution in [1.29, 1.82) is 0 Å². The molecule has 0 saturated heterocycles. The maximum atomic E-state index is 5.87. The Bertz CT molecular complexity index is 518. The van der Waals surface area contributed by atoms with Crippen LogP contribution in [0.3, 0.4) is 0 Å². The van der Waals surface area contributed by atoms with Crippen LogP contribution in [0.1, 0.15) is 26.3 Å². The molecule has 1 aromatic carbocycles. The zero-order chi connectivity index (χ0) is 13.7. The lowest BCUT2D eigenvalue weighted by Crippen LogP contribution is -2.35. The molecule has 0 bridgehead atoms. The Kier molecular flexibility index (Phi) is 4.17. The van der Waals surface area contributed by atoms with Crippen molar-refractivity contribution in [2.75, 3.05) is 0 Å². The third-order valence-corrected chi connectivity index (χ3v) is 2.65. The minimum atomic E-state index is 0.0767. The van der Waals surface area contributed by atoms with E-state index in [-0.39, 0.29) is 5.54 Å². The first-order chi connectivity index (χ1) is 9.04. The number of pyridine rings is 1. The molecule has 0 atom stereocenters. The maximum Gasteiger partial charge on any atom is 0.150 e. The first-order valence-electron chi connectivity index (χ1n) is 6.45. The summed E-state index contributed by atoms with van der Waals surface area (Å²) in [6.45, 7) is 7.19. The van der Waals surface area contributed by atoms with E-state index < -0.39 is 0 Å². The van der Waals surface area contributed by atoms with Crippen LogP contribution in [0.15, 0.2) is 48.8 Å². The average Bonchev–Trinajstić information content (AvgIpc) is 2.38. The van der Waals surface area contributed by atoms with E-state index in [0.717, 1.165) is 23.6 Å². The fourth-order valence-corrected chi connectivity index (χ4v) is 1.62. The predicted octanol–water partition coefficient (Wildman–Crippen LogP) is 3.76. The Hall–Kier alpha value is -1.87. The molecular formula is C16H20N2O. The minimum Gasteiger partial charge on any atom is -0.455 e. The van der Waals surface area contributed by atoms with E-state index in [1.54, 1.807) is 12.4 Å². The van der Waals surface area contributed by atoms with Gasteiger partial charge in [0.1, 0.15) is 11.5 Å². The van der Waals surface area contributed by atoms with E-state index in [1.807, 2.05) is 36.4 Å². The average molecular weight is 256 g/mol. The molecule has 0 amide bonds. The summed E-state index contributed by atoms with van der Waals surface area (Å²) in [6, 6.07) is 11.7. The van der Waals surface area contributed by atoms with Gasteiger partial charge >= 0.3 is 0 Å². The molecular weight excluding hydrogens is 236 g/mol. The van der Waals surface area contributed by atoms with Crippen molar-refractivity contribution in [3.8, 4) is 11.5 Å². The third kappa shape index (κ3) is 4.38.